The molecule has 1 fully saturated rings. The molecule has 0 bridgehead atoms. The fourth-order valence-electron chi connectivity index (χ4n) is 3.14. The molecule has 28 heavy (non-hydrogen) atoms. The maximum Gasteiger partial charge on any atom is 0.251 e. The highest BCUT2D eigenvalue weighted by atomic mass is 19.1. The summed E-state index contributed by atoms with van der Waals surface area (Å²) in [6.07, 6.45) is 1.64. The van der Waals surface area contributed by atoms with Crippen molar-refractivity contribution in [1.29, 1.82) is 0 Å². The van der Waals surface area contributed by atoms with Crippen LogP contribution in [-0.4, -0.2) is 49.1 Å². The van der Waals surface area contributed by atoms with E-state index in [1.54, 1.807) is 23.1 Å². The molecular formula is C22H23FN2O3. The number of benzene rings is 2. The summed E-state index contributed by atoms with van der Waals surface area (Å²) in [4.78, 5) is 25.7. The standard InChI is InChI=1S/C22H23FN2O3/c1-2-21(26)25-10-11-28-20(15-25)14-24-22(27)18-8-6-16(7-9-18)12-17-4-3-5-19(23)13-17/h2-9,13,20H,1,10-12,14-15H2,(H,24,27). The van der Waals surface area contributed by atoms with Crippen LogP contribution in [0.3, 0.4) is 0 Å². The van der Waals surface area contributed by atoms with Crippen LogP contribution in [0.4, 0.5) is 4.39 Å². The van der Waals surface area contributed by atoms with E-state index in [-0.39, 0.29) is 23.7 Å². The molecule has 1 heterocycles. The molecule has 1 atom stereocenters. The first-order chi connectivity index (χ1) is 13.5. The number of hydrogen-bond donors (Lipinski definition) is 1. The average molecular weight is 382 g/mol. The Morgan fingerprint density at radius 3 is 2.71 bits per heavy atom. The molecule has 0 saturated carbocycles. The van der Waals surface area contributed by atoms with E-state index in [2.05, 4.69) is 11.9 Å². The summed E-state index contributed by atoms with van der Waals surface area (Å²) in [5.74, 6) is -0.589. The summed E-state index contributed by atoms with van der Waals surface area (Å²) in [6, 6.07) is 13.7. The lowest BCUT2D eigenvalue weighted by Gasteiger charge is -2.32. The number of nitrogens with zero attached hydrogens (tertiary/aromatic N) is 1. The first-order valence-electron chi connectivity index (χ1n) is 9.19. The van der Waals surface area contributed by atoms with Gasteiger partial charge in [-0.1, -0.05) is 30.8 Å². The Kier molecular flexibility index (Phi) is 6.55. The van der Waals surface area contributed by atoms with Crippen molar-refractivity contribution < 1.29 is 18.7 Å². The predicted molar refractivity (Wildman–Crippen MR) is 104 cm³/mol. The van der Waals surface area contributed by atoms with E-state index in [1.165, 1.54) is 18.2 Å². The van der Waals surface area contributed by atoms with Crippen molar-refractivity contribution in [3.63, 3.8) is 0 Å². The topological polar surface area (TPSA) is 58.6 Å². The summed E-state index contributed by atoms with van der Waals surface area (Å²) < 4.78 is 18.9. The third-order valence-electron chi connectivity index (χ3n) is 4.63. The summed E-state index contributed by atoms with van der Waals surface area (Å²) in [7, 11) is 0. The number of nitrogens with one attached hydrogen (secondary N) is 1. The molecule has 2 aromatic rings. The van der Waals surface area contributed by atoms with Gasteiger partial charge in [-0.25, -0.2) is 4.39 Å². The number of hydrogen-bond acceptors (Lipinski definition) is 3. The summed E-state index contributed by atoms with van der Waals surface area (Å²) >= 11 is 0. The van der Waals surface area contributed by atoms with Gasteiger partial charge in [-0.05, 0) is 47.9 Å². The van der Waals surface area contributed by atoms with Gasteiger partial charge >= 0.3 is 0 Å². The van der Waals surface area contributed by atoms with Crippen molar-refractivity contribution >= 4 is 11.8 Å². The zero-order valence-corrected chi connectivity index (χ0v) is 15.6. The van der Waals surface area contributed by atoms with Gasteiger partial charge in [0.2, 0.25) is 5.91 Å². The molecule has 2 amide bonds. The Balaban J connectivity index is 1.52. The molecule has 146 valence electrons. The normalized spacial score (nSPS) is 16.5. The second-order valence-electron chi connectivity index (χ2n) is 6.69. The number of ether oxygens (including phenoxy) is 1. The molecular weight excluding hydrogens is 359 g/mol. The van der Waals surface area contributed by atoms with Crippen molar-refractivity contribution in [3.8, 4) is 0 Å². The zero-order chi connectivity index (χ0) is 19.9. The van der Waals surface area contributed by atoms with Gasteiger partial charge in [0.25, 0.3) is 5.91 Å². The minimum absolute atomic E-state index is 0.131. The van der Waals surface area contributed by atoms with Gasteiger partial charge in [0.15, 0.2) is 0 Å². The minimum atomic E-state index is -0.258. The quantitative estimate of drug-likeness (QED) is 0.782. The molecule has 2 aromatic carbocycles. The Hall–Kier alpha value is -2.99. The van der Waals surface area contributed by atoms with Gasteiger partial charge in [-0.15, -0.1) is 0 Å². The number of amides is 2. The maximum atomic E-state index is 13.3. The van der Waals surface area contributed by atoms with Crippen LogP contribution in [0.1, 0.15) is 21.5 Å². The van der Waals surface area contributed by atoms with Crippen LogP contribution in [0.2, 0.25) is 0 Å². The molecule has 0 aliphatic carbocycles. The van der Waals surface area contributed by atoms with Crippen LogP contribution in [0, 0.1) is 5.82 Å². The largest absolute Gasteiger partial charge is 0.373 e. The highest BCUT2D eigenvalue weighted by molar-refractivity contribution is 5.94. The lowest BCUT2D eigenvalue weighted by atomic mass is 10.0. The van der Waals surface area contributed by atoms with Crippen molar-refractivity contribution in [3.05, 3.63) is 83.7 Å². The van der Waals surface area contributed by atoms with Crippen LogP contribution < -0.4 is 5.32 Å². The Bertz CT molecular complexity index is 851. The fourth-order valence-corrected chi connectivity index (χ4v) is 3.14. The van der Waals surface area contributed by atoms with E-state index in [0.29, 0.717) is 38.2 Å². The SMILES string of the molecule is C=CC(=O)N1CCOC(CNC(=O)c2ccc(Cc3cccc(F)c3)cc2)C1. The summed E-state index contributed by atoms with van der Waals surface area (Å²) in [6.45, 7) is 5.21. The number of rotatable bonds is 6. The second-order valence-corrected chi connectivity index (χ2v) is 6.69. The Morgan fingerprint density at radius 1 is 1.21 bits per heavy atom. The van der Waals surface area contributed by atoms with Crippen molar-refractivity contribution in [2.45, 2.75) is 12.5 Å². The Labute approximate surface area is 163 Å². The van der Waals surface area contributed by atoms with E-state index in [9.17, 15) is 14.0 Å². The molecule has 3 rings (SSSR count). The van der Waals surface area contributed by atoms with E-state index in [1.807, 2.05) is 18.2 Å². The first kappa shape index (κ1) is 19.8. The third-order valence-corrected chi connectivity index (χ3v) is 4.63. The van der Waals surface area contributed by atoms with E-state index >= 15 is 0 Å². The van der Waals surface area contributed by atoms with Gasteiger partial charge in [-0.3, -0.25) is 9.59 Å². The molecule has 1 N–H and O–H groups in total. The van der Waals surface area contributed by atoms with E-state index in [4.69, 9.17) is 4.74 Å². The molecule has 0 radical (unpaired) electrons. The Morgan fingerprint density at radius 2 is 2.00 bits per heavy atom. The van der Waals surface area contributed by atoms with Crippen molar-refractivity contribution in [2.24, 2.45) is 0 Å². The number of halogens is 1. The van der Waals surface area contributed by atoms with Crippen LogP contribution in [0.25, 0.3) is 0 Å². The van der Waals surface area contributed by atoms with Gasteiger partial charge in [0.1, 0.15) is 5.82 Å². The molecule has 1 saturated heterocycles. The van der Waals surface area contributed by atoms with Gasteiger partial charge in [-0.2, -0.15) is 0 Å². The van der Waals surface area contributed by atoms with Crippen molar-refractivity contribution in [2.75, 3.05) is 26.2 Å². The van der Waals surface area contributed by atoms with Gasteiger partial charge < -0.3 is 15.0 Å². The molecule has 1 aliphatic heterocycles. The third kappa shape index (κ3) is 5.27. The number of morpholine rings is 1. The molecule has 5 nitrogen and oxygen atoms in total. The fraction of sp³-hybridized carbons (Fsp3) is 0.273. The zero-order valence-electron chi connectivity index (χ0n) is 15.6. The highest BCUT2D eigenvalue weighted by Gasteiger charge is 2.23. The van der Waals surface area contributed by atoms with Gasteiger partial charge in [0.05, 0.1) is 12.7 Å². The second kappa shape index (κ2) is 9.28. The molecule has 0 spiro atoms. The van der Waals surface area contributed by atoms with Crippen LogP contribution in [-0.2, 0) is 16.0 Å². The highest BCUT2D eigenvalue weighted by Crippen LogP contribution is 2.12. The van der Waals surface area contributed by atoms with E-state index in [0.717, 1.165) is 11.1 Å². The van der Waals surface area contributed by atoms with Crippen LogP contribution >= 0.6 is 0 Å². The van der Waals surface area contributed by atoms with Crippen LogP contribution in [0.15, 0.2) is 61.2 Å². The lowest BCUT2D eigenvalue weighted by Crippen LogP contribution is -2.49. The summed E-state index contributed by atoms with van der Waals surface area (Å²) in [5.41, 5.74) is 2.42. The lowest BCUT2D eigenvalue weighted by molar-refractivity contribution is -0.133. The minimum Gasteiger partial charge on any atom is -0.373 e. The smallest absolute Gasteiger partial charge is 0.251 e. The first-order valence-corrected chi connectivity index (χ1v) is 9.19. The monoisotopic (exact) mass is 382 g/mol. The van der Waals surface area contributed by atoms with E-state index < -0.39 is 0 Å². The number of carbonyl (C=O) groups excluding carboxylic acids is 2. The van der Waals surface area contributed by atoms with Gasteiger partial charge in [0, 0.05) is 25.2 Å². The summed E-state index contributed by atoms with van der Waals surface area (Å²) in [5, 5.41) is 2.85. The molecule has 0 aromatic heterocycles. The molecule has 6 heteroatoms. The number of carbonyl (C=O) groups is 2. The van der Waals surface area contributed by atoms with Crippen molar-refractivity contribution in [1.82, 2.24) is 10.2 Å². The molecule has 1 unspecified atom stereocenters. The maximum absolute atomic E-state index is 13.3. The van der Waals surface area contributed by atoms with Crippen LogP contribution in [0.5, 0.6) is 0 Å². The molecule has 1 aliphatic rings. The average Bonchev–Trinajstić information content (AvgIpc) is 2.72. The predicted octanol–water partition coefficient (Wildman–Crippen LogP) is 2.56.